The molecule has 0 fully saturated rings. The fourth-order valence-corrected chi connectivity index (χ4v) is 3.17. The second kappa shape index (κ2) is 6.31. The SMILES string of the molecule is Cc1nc(NS(=O)(=O)c2ccc(CO)c(Cl)c2)ccc1Br. The Bertz CT molecular complexity index is 781. The monoisotopic (exact) mass is 390 g/mol. The standard InChI is InChI=1S/C13H12BrClN2O3S/c1-8-11(14)4-5-13(16-8)17-21(19,20)10-3-2-9(7-18)12(15)6-10/h2-6,18H,7H2,1H3,(H,16,17). The molecular formula is C13H12BrClN2O3S. The third kappa shape index (κ3) is 3.74. The highest BCUT2D eigenvalue weighted by Gasteiger charge is 2.16. The van der Waals surface area contributed by atoms with Crippen LogP contribution in [0.15, 0.2) is 39.7 Å². The summed E-state index contributed by atoms with van der Waals surface area (Å²) in [5.74, 6) is 0.220. The number of anilines is 1. The van der Waals surface area contributed by atoms with Crippen LogP contribution >= 0.6 is 27.5 Å². The highest BCUT2D eigenvalue weighted by atomic mass is 79.9. The normalized spacial score (nSPS) is 11.4. The second-order valence-electron chi connectivity index (χ2n) is 4.28. The van der Waals surface area contributed by atoms with Crippen LogP contribution in [0.1, 0.15) is 11.3 Å². The van der Waals surface area contributed by atoms with Crippen LogP contribution in [0.5, 0.6) is 0 Å². The highest BCUT2D eigenvalue weighted by molar-refractivity contribution is 9.10. The third-order valence-electron chi connectivity index (χ3n) is 2.77. The molecule has 1 aromatic heterocycles. The number of hydrogen-bond donors (Lipinski definition) is 2. The highest BCUT2D eigenvalue weighted by Crippen LogP contribution is 2.23. The first kappa shape index (κ1) is 16.2. The molecule has 0 atom stereocenters. The van der Waals surface area contributed by atoms with Gasteiger partial charge in [0.25, 0.3) is 10.0 Å². The molecule has 0 radical (unpaired) electrons. The minimum Gasteiger partial charge on any atom is -0.392 e. The van der Waals surface area contributed by atoms with E-state index < -0.39 is 10.0 Å². The topological polar surface area (TPSA) is 79.3 Å². The molecule has 2 aromatic rings. The molecule has 0 aliphatic heterocycles. The summed E-state index contributed by atoms with van der Waals surface area (Å²) in [6, 6.07) is 7.41. The number of rotatable bonds is 4. The summed E-state index contributed by atoms with van der Waals surface area (Å²) < 4.78 is 27.7. The molecule has 0 amide bonds. The van der Waals surface area contributed by atoms with Crippen molar-refractivity contribution >= 4 is 43.4 Å². The molecule has 0 bridgehead atoms. The lowest BCUT2D eigenvalue weighted by molar-refractivity contribution is 0.282. The van der Waals surface area contributed by atoms with Crippen LogP contribution in [0.25, 0.3) is 0 Å². The van der Waals surface area contributed by atoms with Crippen molar-refractivity contribution in [2.24, 2.45) is 0 Å². The Morgan fingerprint density at radius 3 is 2.62 bits per heavy atom. The Kier molecular flexibility index (Phi) is 4.88. The van der Waals surface area contributed by atoms with Crippen molar-refractivity contribution in [3.63, 3.8) is 0 Å². The first-order valence-electron chi connectivity index (χ1n) is 5.89. The van der Waals surface area contributed by atoms with Crippen LogP contribution in [0.3, 0.4) is 0 Å². The van der Waals surface area contributed by atoms with E-state index in [9.17, 15) is 8.42 Å². The van der Waals surface area contributed by atoms with Crippen LogP contribution in [0, 0.1) is 6.92 Å². The van der Waals surface area contributed by atoms with Gasteiger partial charge >= 0.3 is 0 Å². The number of sulfonamides is 1. The Morgan fingerprint density at radius 1 is 1.33 bits per heavy atom. The summed E-state index contributed by atoms with van der Waals surface area (Å²) in [7, 11) is -3.78. The van der Waals surface area contributed by atoms with E-state index in [0.29, 0.717) is 11.3 Å². The van der Waals surface area contributed by atoms with Gasteiger partial charge in [-0.2, -0.15) is 0 Å². The number of benzene rings is 1. The number of aliphatic hydroxyl groups is 1. The molecule has 8 heteroatoms. The average Bonchev–Trinajstić information content (AvgIpc) is 2.42. The zero-order valence-electron chi connectivity index (χ0n) is 11.0. The molecule has 0 aliphatic rings. The summed E-state index contributed by atoms with van der Waals surface area (Å²) in [5, 5.41) is 9.23. The van der Waals surface area contributed by atoms with Crippen LogP contribution in [0.4, 0.5) is 5.82 Å². The smallest absolute Gasteiger partial charge is 0.263 e. The van der Waals surface area contributed by atoms with Gasteiger partial charge in [-0.3, -0.25) is 4.72 Å². The maximum atomic E-state index is 12.3. The molecule has 1 aromatic carbocycles. The number of nitrogens with zero attached hydrogens (tertiary/aromatic N) is 1. The quantitative estimate of drug-likeness (QED) is 0.839. The summed E-state index contributed by atoms with van der Waals surface area (Å²) >= 11 is 9.21. The van der Waals surface area contributed by atoms with E-state index in [1.807, 2.05) is 0 Å². The number of nitrogens with one attached hydrogen (secondary N) is 1. The molecule has 112 valence electrons. The molecule has 1 heterocycles. The van der Waals surface area contributed by atoms with Crippen molar-refractivity contribution in [3.8, 4) is 0 Å². The largest absolute Gasteiger partial charge is 0.392 e. The molecule has 0 unspecified atom stereocenters. The van der Waals surface area contributed by atoms with Gasteiger partial charge in [0.2, 0.25) is 0 Å². The van der Waals surface area contributed by atoms with Crippen molar-refractivity contribution in [2.75, 3.05) is 4.72 Å². The summed E-state index contributed by atoms with van der Waals surface area (Å²) in [6.07, 6.45) is 0. The lowest BCUT2D eigenvalue weighted by atomic mass is 10.2. The number of aromatic nitrogens is 1. The van der Waals surface area contributed by atoms with Crippen molar-refractivity contribution in [1.82, 2.24) is 4.98 Å². The Labute approximate surface area is 136 Å². The van der Waals surface area contributed by atoms with Crippen molar-refractivity contribution < 1.29 is 13.5 Å². The van der Waals surface area contributed by atoms with Gasteiger partial charge < -0.3 is 5.11 Å². The first-order chi connectivity index (χ1) is 9.83. The first-order valence-corrected chi connectivity index (χ1v) is 8.54. The predicted molar refractivity (Wildman–Crippen MR) is 84.9 cm³/mol. The molecule has 2 rings (SSSR count). The molecule has 5 nitrogen and oxygen atoms in total. The average molecular weight is 392 g/mol. The zero-order valence-corrected chi connectivity index (χ0v) is 14.1. The number of hydrogen-bond acceptors (Lipinski definition) is 4. The Hall–Kier alpha value is -1.15. The van der Waals surface area contributed by atoms with E-state index >= 15 is 0 Å². The van der Waals surface area contributed by atoms with E-state index in [-0.39, 0.29) is 22.3 Å². The molecule has 21 heavy (non-hydrogen) atoms. The number of aryl methyl sites for hydroxylation is 1. The van der Waals surface area contributed by atoms with Crippen molar-refractivity contribution in [3.05, 3.63) is 51.1 Å². The van der Waals surface area contributed by atoms with E-state index in [4.69, 9.17) is 16.7 Å². The molecule has 0 spiro atoms. The van der Waals surface area contributed by atoms with Crippen molar-refractivity contribution in [2.45, 2.75) is 18.4 Å². The fraction of sp³-hybridized carbons (Fsp3) is 0.154. The molecule has 0 aliphatic carbocycles. The molecular weight excluding hydrogens is 380 g/mol. The van der Waals surface area contributed by atoms with Gasteiger partial charge in [0.05, 0.1) is 17.2 Å². The van der Waals surface area contributed by atoms with Crippen LogP contribution in [-0.4, -0.2) is 18.5 Å². The van der Waals surface area contributed by atoms with Crippen LogP contribution in [0.2, 0.25) is 5.02 Å². The Morgan fingerprint density at radius 2 is 2.05 bits per heavy atom. The van der Waals surface area contributed by atoms with Gasteiger partial charge in [-0.15, -0.1) is 0 Å². The van der Waals surface area contributed by atoms with Gasteiger partial charge in [-0.1, -0.05) is 17.7 Å². The van der Waals surface area contributed by atoms with E-state index in [1.165, 1.54) is 18.2 Å². The fourth-order valence-electron chi connectivity index (χ4n) is 1.62. The Balaban J connectivity index is 2.33. The molecule has 0 saturated carbocycles. The summed E-state index contributed by atoms with van der Waals surface area (Å²) in [4.78, 5) is 4.14. The molecule has 2 N–H and O–H groups in total. The van der Waals surface area contributed by atoms with E-state index in [1.54, 1.807) is 19.1 Å². The summed E-state index contributed by atoms with van der Waals surface area (Å²) in [6.45, 7) is 1.51. The van der Waals surface area contributed by atoms with E-state index in [0.717, 1.165) is 4.47 Å². The lowest BCUT2D eigenvalue weighted by Crippen LogP contribution is -2.14. The van der Waals surface area contributed by atoms with Gasteiger partial charge in [-0.25, -0.2) is 13.4 Å². The number of halogens is 2. The maximum Gasteiger partial charge on any atom is 0.263 e. The maximum absolute atomic E-state index is 12.3. The van der Waals surface area contributed by atoms with E-state index in [2.05, 4.69) is 25.6 Å². The van der Waals surface area contributed by atoms with Crippen molar-refractivity contribution in [1.29, 1.82) is 0 Å². The number of aliphatic hydroxyl groups excluding tert-OH is 1. The van der Waals surface area contributed by atoms with Gasteiger partial charge in [0.1, 0.15) is 5.82 Å². The van der Waals surface area contributed by atoms with Crippen LogP contribution in [-0.2, 0) is 16.6 Å². The summed E-state index contributed by atoms with van der Waals surface area (Å²) in [5.41, 5.74) is 1.14. The minimum absolute atomic E-state index is 0.00655. The van der Waals surface area contributed by atoms with Crippen LogP contribution < -0.4 is 4.72 Å². The second-order valence-corrected chi connectivity index (χ2v) is 7.22. The lowest BCUT2D eigenvalue weighted by Gasteiger charge is -2.10. The predicted octanol–water partition coefficient (Wildman–Crippen LogP) is 3.10. The van der Waals surface area contributed by atoms with Gasteiger partial charge in [0, 0.05) is 9.50 Å². The number of pyridine rings is 1. The zero-order chi connectivity index (χ0) is 15.6. The minimum atomic E-state index is -3.78. The van der Waals surface area contributed by atoms with Gasteiger partial charge in [0.15, 0.2) is 0 Å². The third-order valence-corrected chi connectivity index (χ3v) is 5.31. The van der Waals surface area contributed by atoms with Gasteiger partial charge in [-0.05, 0) is 52.7 Å². The molecule has 0 saturated heterocycles.